The summed E-state index contributed by atoms with van der Waals surface area (Å²) in [7, 11) is 0. The van der Waals surface area contributed by atoms with Gasteiger partial charge in [-0.1, -0.05) is 40.2 Å². The number of halogens is 1. The number of carbonyl (C=O) groups is 2. The third-order valence-corrected chi connectivity index (χ3v) is 5.54. The molecule has 0 saturated carbocycles. The smallest absolute Gasteiger partial charge is 0.313 e. The lowest BCUT2D eigenvalue weighted by Gasteiger charge is -2.41. The van der Waals surface area contributed by atoms with Gasteiger partial charge in [-0.25, -0.2) is 0 Å². The molecule has 0 fully saturated rings. The van der Waals surface area contributed by atoms with Crippen molar-refractivity contribution in [2.45, 2.75) is 18.4 Å². The second-order valence-electron chi connectivity index (χ2n) is 6.50. The van der Waals surface area contributed by atoms with E-state index in [4.69, 9.17) is 9.47 Å². The lowest BCUT2D eigenvalue weighted by atomic mass is 9.79. The van der Waals surface area contributed by atoms with E-state index >= 15 is 0 Å². The van der Waals surface area contributed by atoms with Gasteiger partial charge in [-0.05, 0) is 35.7 Å². The number of aliphatic carboxylic acids is 1. The number of fused-ring (bicyclic) bond motifs is 2. The summed E-state index contributed by atoms with van der Waals surface area (Å²) in [6, 6.07) is 11.7. The summed E-state index contributed by atoms with van der Waals surface area (Å²) < 4.78 is 10.8. The third kappa shape index (κ3) is 3.06. The Labute approximate surface area is 164 Å². The third-order valence-electron chi connectivity index (χ3n) is 4.98. The highest BCUT2D eigenvalue weighted by atomic mass is 79.9. The van der Waals surface area contributed by atoms with Crippen molar-refractivity contribution in [3.63, 3.8) is 0 Å². The summed E-state index contributed by atoms with van der Waals surface area (Å²) in [5.41, 5.74) is 1.73. The molecule has 140 valence electrons. The molecule has 2 aliphatic heterocycles. The van der Waals surface area contributed by atoms with Gasteiger partial charge in [-0.2, -0.15) is 0 Å². The van der Waals surface area contributed by atoms with E-state index in [-0.39, 0.29) is 12.7 Å². The molecule has 7 heteroatoms. The molecule has 2 aromatic rings. The Morgan fingerprint density at radius 2 is 1.96 bits per heavy atom. The van der Waals surface area contributed by atoms with Crippen molar-refractivity contribution in [2.24, 2.45) is 0 Å². The number of ether oxygens (including phenoxy) is 2. The highest BCUT2D eigenvalue weighted by molar-refractivity contribution is 9.09. The first-order valence-corrected chi connectivity index (χ1v) is 9.82. The molecule has 0 aliphatic carbocycles. The number of carboxylic acids is 1. The quantitative estimate of drug-likeness (QED) is 0.732. The summed E-state index contributed by atoms with van der Waals surface area (Å²) in [6.07, 6.45) is 0.724. The number of hydrogen-bond donors (Lipinski definition) is 1. The molecule has 0 aromatic heterocycles. The summed E-state index contributed by atoms with van der Waals surface area (Å²) in [6.45, 7) is 0.599. The van der Waals surface area contributed by atoms with Crippen LogP contribution in [0.5, 0.6) is 11.5 Å². The number of alkyl halides is 1. The van der Waals surface area contributed by atoms with Crippen LogP contribution in [0.4, 0.5) is 0 Å². The lowest BCUT2D eigenvalue weighted by Crippen LogP contribution is -2.45. The number of carbonyl (C=O) groups excluding carboxylic acids is 1. The van der Waals surface area contributed by atoms with Crippen LogP contribution < -0.4 is 9.47 Å². The van der Waals surface area contributed by atoms with Crippen LogP contribution in [0.3, 0.4) is 0 Å². The zero-order valence-electron chi connectivity index (χ0n) is 14.4. The Hall–Kier alpha value is -2.54. The van der Waals surface area contributed by atoms with Crippen LogP contribution in [-0.4, -0.2) is 40.6 Å². The summed E-state index contributed by atoms with van der Waals surface area (Å²) in [5, 5.41) is 10.8. The SMILES string of the molecule is O=C(O)[C@@H]1c2ccccc2C(=O)N(CCCBr)[C@@H]1c1ccc2c(c1)OCO2. The number of hydrogen-bond acceptors (Lipinski definition) is 4. The zero-order valence-corrected chi connectivity index (χ0v) is 16.0. The highest BCUT2D eigenvalue weighted by Crippen LogP contribution is 2.45. The van der Waals surface area contributed by atoms with Crippen molar-refractivity contribution in [3.05, 3.63) is 59.2 Å². The van der Waals surface area contributed by atoms with Gasteiger partial charge in [0.25, 0.3) is 5.91 Å². The van der Waals surface area contributed by atoms with E-state index < -0.39 is 17.9 Å². The van der Waals surface area contributed by atoms with E-state index in [1.165, 1.54) is 0 Å². The highest BCUT2D eigenvalue weighted by Gasteiger charge is 2.44. The normalized spacial score (nSPS) is 20.5. The topological polar surface area (TPSA) is 76.1 Å². The van der Waals surface area contributed by atoms with Crippen molar-refractivity contribution in [3.8, 4) is 11.5 Å². The van der Waals surface area contributed by atoms with E-state index in [1.807, 2.05) is 6.07 Å². The average molecular weight is 432 g/mol. The molecule has 0 bridgehead atoms. The number of rotatable bonds is 5. The minimum atomic E-state index is -0.957. The molecule has 4 rings (SSSR count). The van der Waals surface area contributed by atoms with Crippen molar-refractivity contribution in [1.29, 1.82) is 0 Å². The molecule has 0 spiro atoms. The van der Waals surface area contributed by atoms with Crippen molar-refractivity contribution in [1.82, 2.24) is 4.90 Å². The van der Waals surface area contributed by atoms with Crippen LogP contribution in [0.2, 0.25) is 0 Å². The Kier molecular flexibility index (Phi) is 4.78. The van der Waals surface area contributed by atoms with Gasteiger partial charge in [-0.15, -0.1) is 0 Å². The number of carboxylic acid groups (broad SMARTS) is 1. The second-order valence-corrected chi connectivity index (χ2v) is 7.29. The Morgan fingerprint density at radius 1 is 1.19 bits per heavy atom. The van der Waals surface area contributed by atoms with Gasteiger partial charge < -0.3 is 19.5 Å². The number of amides is 1. The van der Waals surface area contributed by atoms with Crippen molar-refractivity contribution < 1.29 is 24.2 Å². The summed E-state index contributed by atoms with van der Waals surface area (Å²) in [5.74, 6) is -0.758. The standard InChI is InChI=1S/C20H18BrNO5/c21-8-3-9-22-18(12-6-7-15-16(10-12)27-11-26-15)17(20(24)25)13-4-1-2-5-14(13)19(22)23/h1-2,4-7,10,17-18H,3,8-9,11H2,(H,24,25)/t17-,18-/m1/s1. The molecule has 1 N–H and O–H groups in total. The van der Waals surface area contributed by atoms with Crippen molar-refractivity contribution >= 4 is 27.8 Å². The molecule has 2 aromatic carbocycles. The molecule has 6 nitrogen and oxygen atoms in total. The van der Waals surface area contributed by atoms with Crippen LogP contribution in [0.1, 0.15) is 39.9 Å². The molecule has 0 unspecified atom stereocenters. The molecule has 0 saturated heterocycles. The van der Waals surface area contributed by atoms with Gasteiger partial charge in [-0.3, -0.25) is 9.59 Å². The minimum Gasteiger partial charge on any atom is -0.481 e. The predicted octanol–water partition coefficient (Wildman–Crippen LogP) is 3.57. The fraction of sp³-hybridized carbons (Fsp3) is 0.300. The summed E-state index contributed by atoms with van der Waals surface area (Å²) >= 11 is 3.40. The van der Waals surface area contributed by atoms with E-state index in [0.29, 0.717) is 29.2 Å². The van der Waals surface area contributed by atoms with E-state index in [9.17, 15) is 14.7 Å². The van der Waals surface area contributed by atoms with Gasteiger partial charge in [0.2, 0.25) is 6.79 Å². The fourth-order valence-corrected chi connectivity index (χ4v) is 4.05. The van der Waals surface area contributed by atoms with Crippen LogP contribution in [0, 0.1) is 0 Å². The Bertz CT molecular complexity index is 900. The van der Waals surface area contributed by atoms with Crippen LogP contribution >= 0.6 is 15.9 Å². The van der Waals surface area contributed by atoms with Crippen molar-refractivity contribution in [2.75, 3.05) is 18.7 Å². The maximum absolute atomic E-state index is 13.2. The first-order valence-electron chi connectivity index (χ1n) is 8.70. The molecule has 27 heavy (non-hydrogen) atoms. The Morgan fingerprint density at radius 3 is 2.74 bits per heavy atom. The first kappa shape index (κ1) is 17.9. The molecule has 2 heterocycles. The largest absolute Gasteiger partial charge is 0.481 e. The van der Waals surface area contributed by atoms with Gasteiger partial charge in [0.15, 0.2) is 11.5 Å². The van der Waals surface area contributed by atoms with E-state index in [0.717, 1.165) is 17.3 Å². The average Bonchev–Trinajstić information content (AvgIpc) is 3.14. The van der Waals surface area contributed by atoms with Gasteiger partial charge in [0, 0.05) is 17.4 Å². The minimum absolute atomic E-state index is 0.140. The molecule has 0 radical (unpaired) electrons. The van der Waals surface area contributed by atoms with Crippen LogP contribution in [0.25, 0.3) is 0 Å². The predicted molar refractivity (Wildman–Crippen MR) is 102 cm³/mol. The maximum atomic E-state index is 13.2. The first-order chi connectivity index (χ1) is 13.1. The second kappa shape index (κ2) is 7.23. The van der Waals surface area contributed by atoms with Crippen LogP contribution in [-0.2, 0) is 4.79 Å². The van der Waals surface area contributed by atoms with E-state index in [2.05, 4.69) is 15.9 Å². The van der Waals surface area contributed by atoms with Gasteiger partial charge in [0.05, 0.1) is 6.04 Å². The number of benzene rings is 2. The summed E-state index contributed by atoms with van der Waals surface area (Å²) in [4.78, 5) is 27.1. The maximum Gasteiger partial charge on any atom is 0.313 e. The molecular weight excluding hydrogens is 414 g/mol. The molecule has 2 aliphatic rings. The lowest BCUT2D eigenvalue weighted by molar-refractivity contribution is -0.140. The van der Waals surface area contributed by atoms with Crippen LogP contribution in [0.15, 0.2) is 42.5 Å². The fourth-order valence-electron chi connectivity index (χ4n) is 3.80. The number of nitrogens with zero attached hydrogens (tertiary/aromatic N) is 1. The monoisotopic (exact) mass is 431 g/mol. The zero-order chi connectivity index (χ0) is 19.0. The molecular formula is C20H18BrNO5. The van der Waals surface area contributed by atoms with Gasteiger partial charge >= 0.3 is 5.97 Å². The van der Waals surface area contributed by atoms with Gasteiger partial charge in [0.1, 0.15) is 5.92 Å². The van der Waals surface area contributed by atoms with E-state index in [1.54, 1.807) is 41.3 Å². The molecule has 2 atom stereocenters. The molecule has 1 amide bonds. The Balaban J connectivity index is 1.86.